The van der Waals surface area contributed by atoms with E-state index in [1.807, 2.05) is 0 Å². The molecule has 0 aliphatic heterocycles. The zero-order chi connectivity index (χ0) is 19.9. The maximum absolute atomic E-state index is 12.5. The van der Waals surface area contributed by atoms with E-state index in [-0.39, 0.29) is 11.6 Å². The SMILES string of the molecule is COc1ccc(NC(=O)c2ccnc(C(=O)Nc3cccc(OC)c3)c2)cc1. The van der Waals surface area contributed by atoms with Gasteiger partial charge in [-0.2, -0.15) is 0 Å². The minimum absolute atomic E-state index is 0.130. The first-order valence-electron chi connectivity index (χ1n) is 8.46. The largest absolute Gasteiger partial charge is 0.497 e. The fraction of sp³-hybridized carbons (Fsp3) is 0.0952. The van der Waals surface area contributed by atoms with Crippen molar-refractivity contribution in [2.75, 3.05) is 24.9 Å². The average molecular weight is 377 g/mol. The van der Waals surface area contributed by atoms with Crippen LogP contribution in [0.1, 0.15) is 20.8 Å². The van der Waals surface area contributed by atoms with Crippen LogP contribution in [0.3, 0.4) is 0 Å². The monoisotopic (exact) mass is 377 g/mol. The molecule has 2 N–H and O–H groups in total. The van der Waals surface area contributed by atoms with Gasteiger partial charge in [0.2, 0.25) is 0 Å². The number of rotatable bonds is 6. The fourth-order valence-electron chi connectivity index (χ4n) is 2.47. The molecule has 3 aromatic rings. The van der Waals surface area contributed by atoms with Gasteiger partial charge in [0.15, 0.2) is 0 Å². The molecule has 142 valence electrons. The van der Waals surface area contributed by atoms with E-state index in [2.05, 4.69) is 15.6 Å². The normalized spacial score (nSPS) is 10.1. The molecule has 0 saturated heterocycles. The number of carbonyl (C=O) groups is 2. The number of pyridine rings is 1. The van der Waals surface area contributed by atoms with Crippen LogP contribution in [0.5, 0.6) is 11.5 Å². The van der Waals surface area contributed by atoms with Crippen LogP contribution >= 0.6 is 0 Å². The lowest BCUT2D eigenvalue weighted by molar-refractivity contribution is 0.102. The van der Waals surface area contributed by atoms with Crippen molar-refractivity contribution in [1.29, 1.82) is 0 Å². The summed E-state index contributed by atoms with van der Waals surface area (Å²) >= 11 is 0. The molecule has 0 atom stereocenters. The van der Waals surface area contributed by atoms with Crippen LogP contribution in [0.25, 0.3) is 0 Å². The van der Waals surface area contributed by atoms with Crippen LogP contribution in [-0.2, 0) is 0 Å². The van der Waals surface area contributed by atoms with Crippen molar-refractivity contribution in [2.24, 2.45) is 0 Å². The molecule has 2 aromatic carbocycles. The summed E-state index contributed by atoms with van der Waals surface area (Å²) < 4.78 is 10.2. The number of methoxy groups -OCH3 is 2. The number of hydrogen-bond acceptors (Lipinski definition) is 5. The van der Waals surface area contributed by atoms with Gasteiger partial charge in [0, 0.05) is 29.2 Å². The molecule has 0 saturated carbocycles. The molecular formula is C21H19N3O4. The molecule has 0 bridgehead atoms. The minimum atomic E-state index is -0.424. The summed E-state index contributed by atoms with van der Waals surface area (Å²) in [7, 11) is 3.12. The second-order valence-corrected chi connectivity index (χ2v) is 5.80. The van der Waals surface area contributed by atoms with Crippen molar-refractivity contribution in [2.45, 2.75) is 0 Å². The Labute approximate surface area is 162 Å². The van der Waals surface area contributed by atoms with Crippen molar-refractivity contribution in [1.82, 2.24) is 4.98 Å². The van der Waals surface area contributed by atoms with Crippen LogP contribution in [0.4, 0.5) is 11.4 Å². The van der Waals surface area contributed by atoms with E-state index < -0.39 is 5.91 Å². The standard InChI is InChI=1S/C21H19N3O4/c1-27-17-8-6-15(7-9-17)23-20(25)14-10-11-22-19(12-14)21(26)24-16-4-3-5-18(13-16)28-2/h3-13H,1-2H3,(H,23,25)(H,24,26). The first-order chi connectivity index (χ1) is 13.6. The van der Waals surface area contributed by atoms with E-state index in [4.69, 9.17) is 9.47 Å². The lowest BCUT2D eigenvalue weighted by Crippen LogP contribution is -2.17. The average Bonchev–Trinajstić information content (AvgIpc) is 2.74. The van der Waals surface area contributed by atoms with Crippen molar-refractivity contribution in [3.8, 4) is 11.5 Å². The Bertz CT molecular complexity index is 987. The molecular weight excluding hydrogens is 358 g/mol. The lowest BCUT2D eigenvalue weighted by atomic mass is 10.2. The van der Waals surface area contributed by atoms with Crippen LogP contribution in [0, 0.1) is 0 Å². The molecule has 28 heavy (non-hydrogen) atoms. The van der Waals surface area contributed by atoms with Crippen LogP contribution < -0.4 is 20.1 Å². The van der Waals surface area contributed by atoms with Crippen molar-refractivity contribution >= 4 is 23.2 Å². The highest BCUT2D eigenvalue weighted by Gasteiger charge is 2.13. The predicted octanol–water partition coefficient (Wildman–Crippen LogP) is 3.60. The maximum Gasteiger partial charge on any atom is 0.274 e. The lowest BCUT2D eigenvalue weighted by Gasteiger charge is -2.09. The summed E-state index contributed by atoms with van der Waals surface area (Å²) in [5.41, 5.74) is 1.64. The van der Waals surface area contributed by atoms with Crippen LogP contribution in [0.15, 0.2) is 66.9 Å². The third kappa shape index (κ3) is 4.64. The molecule has 7 nitrogen and oxygen atoms in total. The summed E-state index contributed by atoms with van der Waals surface area (Å²) in [5.74, 6) is 0.548. The first kappa shape index (κ1) is 18.9. The second kappa shape index (κ2) is 8.68. The maximum atomic E-state index is 12.5. The number of carbonyl (C=O) groups excluding carboxylic acids is 2. The molecule has 3 rings (SSSR count). The van der Waals surface area contributed by atoms with Crippen LogP contribution in [-0.4, -0.2) is 31.0 Å². The Kier molecular flexibility index (Phi) is 5.86. The Hall–Kier alpha value is -3.87. The van der Waals surface area contributed by atoms with Crippen LogP contribution in [0.2, 0.25) is 0 Å². The van der Waals surface area contributed by atoms with Crippen molar-refractivity contribution < 1.29 is 19.1 Å². The van der Waals surface area contributed by atoms with E-state index in [0.29, 0.717) is 28.4 Å². The highest BCUT2D eigenvalue weighted by Crippen LogP contribution is 2.18. The molecule has 0 spiro atoms. The molecule has 0 radical (unpaired) electrons. The van der Waals surface area contributed by atoms with E-state index >= 15 is 0 Å². The minimum Gasteiger partial charge on any atom is -0.497 e. The molecule has 0 unspecified atom stereocenters. The quantitative estimate of drug-likeness (QED) is 0.685. The molecule has 1 aromatic heterocycles. The molecule has 0 fully saturated rings. The van der Waals surface area contributed by atoms with Gasteiger partial charge in [0.25, 0.3) is 11.8 Å². The Morgan fingerprint density at radius 2 is 1.50 bits per heavy atom. The summed E-state index contributed by atoms with van der Waals surface area (Å²) in [6, 6.07) is 16.9. The number of aromatic nitrogens is 1. The zero-order valence-corrected chi connectivity index (χ0v) is 15.4. The summed E-state index contributed by atoms with van der Waals surface area (Å²) in [6.45, 7) is 0. The number of amides is 2. The topological polar surface area (TPSA) is 89.5 Å². The third-order valence-corrected chi connectivity index (χ3v) is 3.93. The van der Waals surface area contributed by atoms with E-state index in [9.17, 15) is 9.59 Å². The predicted molar refractivity (Wildman–Crippen MR) is 106 cm³/mol. The van der Waals surface area contributed by atoms with Crippen molar-refractivity contribution in [3.05, 3.63) is 78.1 Å². The molecule has 1 heterocycles. The number of nitrogens with zero attached hydrogens (tertiary/aromatic N) is 1. The van der Waals surface area contributed by atoms with E-state index in [1.54, 1.807) is 68.8 Å². The number of ether oxygens (including phenoxy) is 2. The molecule has 0 aliphatic rings. The molecule has 7 heteroatoms. The van der Waals surface area contributed by atoms with Gasteiger partial charge in [-0.1, -0.05) is 6.07 Å². The first-order valence-corrected chi connectivity index (χ1v) is 8.46. The number of anilines is 2. The second-order valence-electron chi connectivity index (χ2n) is 5.80. The van der Waals surface area contributed by atoms with Gasteiger partial charge in [0.05, 0.1) is 14.2 Å². The molecule has 2 amide bonds. The summed E-state index contributed by atoms with van der Waals surface area (Å²) in [5, 5.41) is 5.50. The summed E-state index contributed by atoms with van der Waals surface area (Å²) in [6.07, 6.45) is 1.42. The van der Waals surface area contributed by atoms with Gasteiger partial charge in [-0.05, 0) is 48.5 Å². The van der Waals surface area contributed by atoms with E-state index in [1.165, 1.54) is 12.3 Å². The smallest absolute Gasteiger partial charge is 0.274 e. The highest BCUT2D eigenvalue weighted by atomic mass is 16.5. The zero-order valence-electron chi connectivity index (χ0n) is 15.4. The van der Waals surface area contributed by atoms with Crippen molar-refractivity contribution in [3.63, 3.8) is 0 Å². The Morgan fingerprint density at radius 1 is 0.786 bits per heavy atom. The van der Waals surface area contributed by atoms with Gasteiger partial charge >= 0.3 is 0 Å². The van der Waals surface area contributed by atoms with E-state index in [0.717, 1.165) is 0 Å². The summed E-state index contributed by atoms with van der Waals surface area (Å²) in [4.78, 5) is 29.0. The third-order valence-electron chi connectivity index (χ3n) is 3.93. The van der Waals surface area contributed by atoms with Gasteiger partial charge in [-0.15, -0.1) is 0 Å². The van der Waals surface area contributed by atoms with Gasteiger partial charge in [0.1, 0.15) is 17.2 Å². The Morgan fingerprint density at radius 3 is 2.21 bits per heavy atom. The highest BCUT2D eigenvalue weighted by molar-refractivity contribution is 6.07. The van der Waals surface area contributed by atoms with Gasteiger partial charge < -0.3 is 20.1 Å². The van der Waals surface area contributed by atoms with Gasteiger partial charge in [-0.25, -0.2) is 0 Å². The number of benzene rings is 2. The number of nitrogens with one attached hydrogen (secondary N) is 2. The van der Waals surface area contributed by atoms with Gasteiger partial charge in [-0.3, -0.25) is 14.6 Å². The fourth-order valence-corrected chi connectivity index (χ4v) is 2.47. The number of hydrogen-bond donors (Lipinski definition) is 2. The molecule has 0 aliphatic carbocycles. The Balaban J connectivity index is 1.71.